The Labute approximate surface area is 151 Å². The van der Waals surface area contributed by atoms with Crippen LogP contribution >= 0.6 is 0 Å². The molecule has 0 aliphatic carbocycles. The topological polar surface area (TPSA) is 63.8 Å². The zero-order chi connectivity index (χ0) is 17.8. The first-order chi connectivity index (χ1) is 12.8. The monoisotopic (exact) mass is 342 g/mol. The van der Waals surface area contributed by atoms with Crippen molar-refractivity contribution in [3.63, 3.8) is 0 Å². The maximum Gasteiger partial charge on any atom is 0.177 e. The van der Waals surface area contributed by atoms with E-state index in [0.717, 1.165) is 5.56 Å². The Balaban J connectivity index is 1.76. The number of nitrogens with zero attached hydrogens (tertiary/aromatic N) is 4. The Morgan fingerprint density at radius 3 is 2.19 bits per heavy atom. The molecule has 5 heteroatoms. The van der Waals surface area contributed by atoms with Gasteiger partial charge >= 0.3 is 0 Å². The molecule has 2 aromatic carbocycles. The van der Waals surface area contributed by atoms with Crippen molar-refractivity contribution >= 4 is 0 Å². The van der Waals surface area contributed by atoms with Gasteiger partial charge < -0.3 is 5.11 Å². The number of pyridine rings is 1. The molecule has 0 amide bonds. The third-order valence-electron chi connectivity index (χ3n) is 4.32. The van der Waals surface area contributed by atoms with Crippen molar-refractivity contribution in [2.24, 2.45) is 0 Å². The minimum absolute atomic E-state index is 0.443. The van der Waals surface area contributed by atoms with Gasteiger partial charge in [-0.15, -0.1) is 5.10 Å². The van der Waals surface area contributed by atoms with Crippen LogP contribution in [0.5, 0.6) is 0 Å². The highest BCUT2D eigenvalue weighted by molar-refractivity contribution is 5.40. The molecule has 128 valence electrons. The molecule has 0 aliphatic heterocycles. The molecule has 0 radical (unpaired) electrons. The molecule has 5 nitrogen and oxygen atoms in total. The van der Waals surface area contributed by atoms with Crippen LogP contribution in [-0.4, -0.2) is 25.1 Å². The van der Waals surface area contributed by atoms with Gasteiger partial charge in [-0.2, -0.15) is 0 Å². The SMILES string of the molecule is O[C@](c1ccccc1)(c1ccccn1)c1cn(Cc2ccccc2)nn1. The lowest BCUT2D eigenvalue weighted by molar-refractivity contribution is 0.116. The van der Waals surface area contributed by atoms with Crippen LogP contribution in [-0.2, 0) is 12.1 Å². The second-order valence-corrected chi connectivity index (χ2v) is 6.08. The van der Waals surface area contributed by atoms with Crippen molar-refractivity contribution in [1.29, 1.82) is 0 Å². The van der Waals surface area contributed by atoms with Crippen molar-refractivity contribution in [3.05, 3.63) is 114 Å². The lowest BCUT2D eigenvalue weighted by Gasteiger charge is -2.25. The first-order valence-corrected chi connectivity index (χ1v) is 8.41. The van der Waals surface area contributed by atoms with Gasteiger partial charge in [-0.3, -0.25) is 4.98 Å². The third kappa shape index (κ3) is 3.00. The first-order valence-electron chi connectivity index (χ1n) is 8.41. The highest BCUT2D eigenvalue weighted by Gasteiger charge is 2.38. The van der Waals surface area contributed by atoms with Gasteiger partial charge in [-0.25, -0.2) is 4.68 Å². The van der Waals surface area contributed by atoms with E-state index in [0.29, 0.717) is 23.5 Å². The molecule has 1 N–H and O–H groups in total. The molecule has 0 aliphatic rings. The minimum Gasteiger partial charge on any atom is -0.373 e. The van der Waals surface area contributed by atoms with Crippen molar-refractivity contribution < 1.29 is 5.11 Å². The first kappa shape index (κ1) is 16.2. The van der Waals surface area contributed by atoms with Gasteiger partial charge in [-0.1, -0.05) is 71.9 Å². The van der Waals surface area contributed by atoms with E-state index in [9.17, 15) is 5.11 Å². The van der Waals surface area contributed by atoms with E-state index in [-0.39, 0.29) is 0 Å². The summed E-state index contributed by atoms with van der Waals surface area (Å²) in [4.78, 5) is 4.37. The summed E-state index contributed by atoms with van der Waals surface area (Å²) < 4.78 is 1.72. The van der Waals surface area contributed by atoms with Crippen LogP contribution in [0.1, 0.15) is 22.5 Å². The molecule has 2 aromatic heterocycles. The Hall–Kier alpha value is -3.31. The summed E-state index contributed by atoms with van der Waals surface area (Å²) in [6, 6.07) is 24.9. The fourth-order valence-corrected chi connectivity index (χ4v) is 3.00. The standard InChI is InChI=1S/C21H18N4O/c26-21(18-11-5-2-6-12-18,19-13-7-8-14-22-19)20-16-25(24-23-20)15-17-9-3-1-4-10-17/h1-14,16,26H,15H2/t21-/m1/s1. The number of rotatable bonds is 5. The van der Waals surface area contributed by atoms with Crippen molar-refractivity contribution in [3.8, 4) is 0 Å². The van der Waals surface area contributed by atoms with E-state index in [4.69, 9.17) is 0 Å². The second kappa shape index (κ2) is 6.90. The third-order valence-corrected chi connectivity index (χ3v) is 4.32. The highest BCUT2D eigenvalue weighted by Crippen LogP contribution is 2.33. The number of aromatic nitrogens is 4. The van der Waals surface area contributed by atoms with Crippen molar-refractivity contribution in [2.75, 3.05) is 0 Å². The van der Waals surface area contributed by atoms with Gasteiger partial charge in [0.1, 0.15) is 5.69 Å². The van der Waals surface area contributed by atoms with Crippen molar-refractivity contribution in [1.82, 2.24) is 20.0 Å². The number of hydrogen-bond donors (Lipinski definition) is 1. The summed E-state index contributed by atoms with van der Waals surface area (Å²) in [7, 11) is 0. The molecule has 4 rings (SSSR count). The summed E-state index contributed by atoms with van der Waals surface area (Å²) in [5.74, 6) is 0. The van der Waals surface area contributed by atoms with E-state index in [1.165, 1.54) is 0 Å². The summed E-state index contributed by atoms with van der Waals surface area (Å²) in [6.07, 6.45) is 3.44. The fraction of sp³-hybridized carbons (Fsp3) is 0.0952. The molecule has 2 heterocycles. The fourth-order valence-electron chi connectivity index (χ4n) is 3.00. The molecule has 0 spiro atoms. The summed E-state index contributed by atoms with van der Waals surface area (Å²) in [5.41, 5.74) is 1.31. The molecule has 4 aromatic rings. The van der Waals surface area contributed by atoms with Crippen LogP contribution in [0.15, 0.2) is 91.3 Å². The smallest absolute Gasteiger partial charge is 0.177 e. The van der Waals surface area contributed by atoms with E-state index < -0.39 is 5.60 Å². The van der Waals surface area contributed by atoms with Gasteiger partial charge in [0.2, 0.25) is 0 Å². The molecule has 0 saturated heterocycles. The van der Waals surface area contributed by atoms with Crippen LogP contribution in [0.4, 0.5) is 0 Å². The molecule has 0 fully saturated rings. The second-order valence-electron chi connectivity index (χ2n) is 6.08. The van der Waals surface area contributed by atoms with Crippen LogP contribution in [0.2, 0.25) is 0 Å². The van der Waals surface area contributed by atoms with Gasteiger partial charge in [0, 0.05) is 6.20 Å². The predicted molar refractivity (Wildman–Crippen MR) is 98.3 cm³/mol. The van der Waals surface area contributed by atoms with Gasteiger partial charge in [-0.05, 0) is 23.3 Å². The van der Waals surface area contributed by atoms with Gasteiger partial charge in [0.25, 0.3) is 0 Å². The summed E-state index contributed by atoms with van der Waals surface area (Å²) in [6.45, 7) is 0.584. The maximum absolute atomic E-state index is 11.6. The van der Waals surface area contributed by atoms with Crippen LogP contribution in [0.25, 0.3) is 0 Å². The quantitative estimate of drug-likeness (QED) is 0.605. The minimum atomic E-state index is -1.46. The molecule has 0 saturated carbocycles. The molecule has 0 bridgehead atoms. The number of aliphatic hydroxyl groups is 1. The van der Waals surface area contributed by atoms with Crippen molar-refractivity contribution in [2.45, 2.75) is 12.1 Å². The molecular weight excluding hydrogens is 324 g/mol. The van der Waals surface area contributed by atoms with Gasteiger partial charge in [0.15, 0.2) is 5.60 Å². The van der Waals surface area contributed by atoms with E-state index in [1.807, 2.05) is 72.8 Å². The predicted octanol–water partition coefficient (Wildman–Crippen LogP) is 3.01. The summed E-state index contributed by atoms with van der Waals surface area (Å²) in [5, 5.41) is 20.1. The number of benzene rings is 2. The highest BCUT2D eigenvalue weighted by atomic mass is 16.3. The number of hydrogen-bond acceptors (Lipinski definition) is 4. The Bertz CT molecular complexity index is 929. The lowest BCUT2D eigenvalue weighted by Crippen LogP contribution is -2.30. The average Bonchev–Trinajstić information content (AvgIpc) is 3.18. The molecule has 1 atom stereocenters. The molecule has 26 heavy (non-hydrogen) atoms. The van der Waals surface area contributed by atoms with Crippen LogP contribution in [0, 0.1) is 0 Å². The van der Waals surface area contributed by atoms with E-state index in [2.05, 4.69) is 15.3 Å². The lowest BCUT2D eigenvalue weighted by atomic mass is 9.87. The van der Waals surface area contributed by atoms with Crippen LogP contribution in [0.3, 0.4) is 0 Å². The molecular formula is C21H18N4O. The normalized spacial score (nSPS) is 13.3. The average molecular weight is 342 g/mol. The Morgan fingerprint density at radius 2 is 1.50 bits per heavy atom. The van der Waals surface area contributed by atoms with Crippen LogP contribution < -0.4 is 0 Å². The Kier molecular flexibility index (Phi) is 4.29. The zero-order valence-electron chi connectivity index (χ0n) is 14.1. The van der Waals surface area contributed by atoms with Gasteiger partial charge in [0.05, 0.1) is 18.4 Å². The largest absolute Gasteiger partial charge is 0.373 e. The maximum atomic E-state index is 11.6. The Morgan fingerprint density at radius 1 is 0.808 bits per heavy atom. The zero-order valence-corrected chi connectivity index (χ0v) is 14.1. The van der Waals surface area contributed by atoms with E-state index >= 15 is 0 Å². The molecule has 0 unspecified atom stereocenters. The summed E-state index contributed by atoms with van der Waals surface area (Å²) >= 11 is 0. The van der Waals surface area contributed by atoms with E-state index in [1.54, 1.807) is 23.1 Å².